The van der Waals surface area contributed by atoms with E-state index < -0.39 is 0 Å². The zero-order valence-electron chi connectivity index (χ0n) is 11.2. The molecule has 17 heavy (non-hydrogen) atoms. The Bertz CT molecular complexity index is 376. The number of carbonyl (C=O) groups is 1. The van der Waals surface area contributed by atoms with Crippen LogP contribution in [0.15, 0.2) is 12.1 Å². The van der Waals surface area contributed by atoms with Crippen molar-refractivity contribution in [2.24, 2.45) is 0 Å². The topological polar surface area (TPSA) is 41.1 Å². The van der Waals surface area contributed by atoms with E-state index in [0.29, 0.717) is 13.1 Å². The monoisotopic (exact) mass is 234 g/mol. The number of aryl methyl sites for hydroxylation is 3. The molecule has 3 nitrogen and oxygen atoms in total. The zero-order valence-corrected chi connectivity index (χ0v) is 11.2. The molecule has 0 aromatic heterocycles. The highest BCUT2D eigenvalue weighted by atomic mass is 16.1. The van der Waals surface area contributed by atoms with Gasteiger partial charge < -0.3 is 10.6 Å². The van der Waals surface area contributed by atoms with Gasteiger partial charge in [-0.05, 0) is 50.9 Å². The van der Waals surface area contributed by atoms with Crippen LogP contribution < -0.4 is 10.6 Å². The molecule has 0 heterocycles. The molecule has 1 amide bonds. The van der Waals surface area contributed by atoms with Crippen molar-refractivity contribution in [3.05, 3.63) is 34.4 Å². The van der Waals surface area contributed by atoms with Gasteiger partial charge in [0.15, 0.2) is 0 Å². The summed E-state index contributed by atoms with van der Waals surface area (Å²) in [6.45, 7) is 7.45. The minimum atomic E-state index is 0.0508. The highest BCUT2D eigenvalue weighted by Crippen LogP contribution is 2.16. The molecule has 0 saturated heterocycles. The molecule has 0 aliphatic carbocycles. The normalized spacial score (nSPS) is 10.4. The summed E-state index contributed by atoms with van der Waals surface area (Å²) in [7, 11) is 1.77. The Labute approximate surface area is 104 Å². The highest BCUT2D eigenvalue weighted by molar-refractivity contribution is 5.77. The van der Waals surface area contributed by atoms with Crippen molar-refractivity contribution in [1.29, 1.82) is 0 Å². The molecular weight excluding hydrogens is 212 g/mol. The molecule has 0 unspecified atom stereocenters. The molecule has 1 rings (SSSR count). The largest absolute Gasteiger partial charge is 0.355 e. The van der Waals surface area contributed by atoms with Gasteiger partial charge in [0.05, 0.1) is 6.54 Å². The first kappa shape index (κ1) is 13.7. The summed E-state index contributed by atoms with van der Waals surface area (Å²) in [4.78, 5) is 11.3. The summed E-state index contributed by atoms with van der Waals surface area (Å²) in [5.41, 5.74) is 5.26. The van der Waals surface area contributed by atoms with E-state index in [4.69, 9.17) is 0 Å². The van der Waals surface area contributed by atoms with E-state index in [2.05, 4.69) is 43.5 Å². The summed E-state index contributed by atoms with van der Waals surface area (Å²) in [5.74, 6) is 0.0508. The van der Waals surface area contributed by atoms with Gasteiger partial charge in [0, 0.05) is 6.54 Å². The van der Waals surface area contributed by atoms with Crippen LogP contribution in [0.5, 0.6) is 0 Å². The predicted molar refractivity (Wildman–Crippen MR) is 71.3 cm³/mol. The molecule has 0 aliphatic rings. The molecule has 0 atom stereocenters. The van der Waals surface area contributed by atoms with Crippen molar-refractivity contribution in [2.75, 3.05) is 20.1 Å². The third kappa shape index (κ3) is 4.19. The maximum atomic E-state index is 11.3. The van der Waals surface area contributed by atoms with Gasteiger partial charge in [-0.1, -0.05) is 17.7 Å². The van der Waals surface area contributed by atoms with Crippen LogP contribution in [-0.2, 0) is 11.2 Å². The molecule has 0 fully saturated rings. The fraction of sp³-hybridized carbons (Fsp3) is 0.500. The Balaban J connectivity index is 2.55. The van der Waals surface area contributed by atoms with E-state index in [1.54, 1.807) is 7.05 Å². The van der Waals surface area contributed by atoms with Crippen molar-refractivity contribution >= 4 is 5.91 Å². The van der Waals surface area contributed by atoms with Gasteiger partial charge in [-0.25, -0.2) is 0 Å². The second kappa shape index (κ2) is 6.40. The van der Waals surface area contributed by atoms with Crippen molar-refractivity contribution in [3.8, 4) is 0 Å². The minimum absolute atomic E-state index is 0.0508. The number of hydrogen-bond acceptors (Lipinski definition) is 2. The van der Waals surface area contributed by atoms with Gasteiger partial charge in [-0.3, -0.25) is 4.79 Å². The molecule has 0 bridgehead atoms. The Morgan fingerprint density at radius 2 is 1.76 bits per heavy atom. The van der Waals surface area contributed by atoms with Crippen LogP contribution in [0.1, 0.15) is 22.3 Å². The van der Waals surface area contributed by atoms with Gasteiger partial charge in [-0.2, -0.15) is 0 Å². The Hall–Kier alpha value is -1.35. The molecule has 0 saturated carbocycles. The Morgan fingerprint density at radius 3 is 2.29 bits per heavy atom. The fourth-order valence-corrected chi connectivity index (χ4v) is 2.15. The summed E-state index contributed by atoms with van der Waals surface area (Å²) >= 11 is 0. The third-order valence-electron chi connectivity index (χ3n) is 2.87. The summed E-state index contributed by atoms with van der Waals surface area (Å²) in [5, 5.41) is 5.73. The van der Waals surface area contributed by atoms with Crippen molar-refractivity contribution in [2.45, 2.75) is 27.2 Å². The number of likely N-dealkylation sites (N-methyl/N-ethyl adjacent to an activating group) is 1. The lowest BCUT2D eigenvalue weighted by molar-refractivity contribution is -0.120. The molecule has 0 radical (unpaired) electrons. The SMILES string of the molecule is CNCC(=O)NCCc1c(C)cc(C)cc1C. The van der Waals surface area contributed by atoms with E-state index in [9.17, 15) is 4.79 Å². The van der Waals surface area contributed by atoms with E-state index >= 15 is 0 Å². The van der Waals surface area contributed by atoms with Crippen LogP contribution in [0.4, 0.5) is 0 Å². The maximum Gasteiger partial charge on any atom is 0.233 e. The van der Waals surface area contributed by atoms with Gasteiger partial charge in [0.1, 0.15) is 0 Å². The van der Waals surface area contributed by atoms with Gasteiger partial charge in [0.2, 0.25) is 5.91 Å². The number of rotatable bonds is 5. The number of benzene rings is 1. The van der Waals surface area contributed by atoms with Crippen molar-refractivity contribution in [1.82, 2.24) is 10.6 Å². The molecule has 0 aliphatic heterocycles. The van der Waals surface area contributed by atoms with E-state index in [-0.39, 0.29) is 5.91 Å². The minimum Gasteiger partial charge on any atom is -0.355 e. The molecule has 0 spiro atoms. The van der Waals surface area contributed by atoms with Gasteiger partial charge in [-0.15, -0.1) is 0 Å². The Morgan fingerprint density at radius 1 is 1.18 bits per heavy atom. The van der Waals surface area contributed by atoms with Crippen LogP contribution in [0, 0.1) is 20.8 Å². The standard InChI is InChI=1S/C14H22N2O/c1-10-7-11(2)13(12(3)8-10)5-6-16-14(17)9-15-4/h7-8,15H,5-6,9H2,1-4H3,(H,16,17). The summed E-state index contributed by atoms with van der Waals surface area (Å²) in [6.07, 6.45) is 0.896. The van der Waals surface area contributed by atoms with Crippen LogP contribution in [0.2, 0.25) is 0 Å². The predicted octanol–water partition coefficient (Wildman–Crippen LogP) is 1.49. The van der Waals surface area contributed by atoms with Crippen LogP contribution in [0.25, 0.3) is 0 Å². The van der Waals surface area contributed by atoms with Gasteiger partial charge in [0.25, 0.3) is 0 Å². The average molecular weight is 234 g/mol. The lowest BCUT2D eigenvalue weighted by atomic mass is 9.97. The third-order valence-corrected chi connectivity index (χ3v) is 2.87. The fourth-order valence-electron chi connectivity index (χ4n) is 2.15. The summed E-state index contributed by atoms with van der Waals surface area (Å²) in [6, 6.07) is 4.38. The first-order valence-electron chi connectivity index (χ1n) is 6.02. The second-order valence-electron chi connectivity index (χ2n) is 4.51. The maximum absolute atomic E-state index is 11.3. The first-order chi connectivity index (χ1) is 8.04. The highest BCUT2D eigenvalue weighted by Gasteiger charge is 2.04. The number of amides is 1. The first-order valence-corrected chi connectivity index (χ1v) is 6.02. The lowest BCUT2D eigenvalue weighted by Gasteiger charge is -2.12. The van der Waals surface area contributed by atoms with Crippen molar-refractivity contribution in [3.63, 3.8) is 0 Å². The molecular formula is C14H22N2O. The zero-order chi connectivity index (χ0) is 12.8. The number of nitrogens with one attached hydrogen (secondary N) is 2. The van der Waals surface area contributed by atoms with E-state index in [1.807, 2.05) is 0 Å². The van der Waals surface area contributed by atoms with E-state index in [1.165, 1.54) is 22.3 Å². The van der Waals surface area contributed by atoms with Crippen molar-refractivity contribution < 1.29 is 4.79 Å². The lowest BCUT2D eigenvalue weighted by Crippen LogP contribution is -2.33. The quantitative estimate of drug-likeness (QED) is 0.810. The molecule has 3 heteroatoms. The molecule has 2 N–H and O–H groups in total. The summed E-state index contributed by atoms with van der Waals surface area (Å²) < 4.78 is 0. The van der Waals surface area contributed by atoms with Gasteiger partial charge >= 0.3 is 0 Å². The van der Waals surface area contributed by atoms with E-state index in [0.717, 1.165) is 6.42 Å². The molecule has 1 aromatic carbocycles. The Kier molecular flexibility index (Phi) is 5.16. The number of hydrogen-bond donors (Lipinski definition) is 2. The second-order valence-corrected chi connectivity index (χ2v) is 4.51. The smallest absolute Gasteiger partial charge is 0.233 e. The molecule has 94 valence electrons. The van der Waals surface area contributed by atoms with Crippen LogP contribution in [-0.4, -0.2) is 26.0 Å². The van der Waals surface area contributed by atoms with Crippen LogP contribution in [0.3, 0.4) is 0 Å². The average Bonchev–Trinajstić information content (AvgIpc) is 2.22. The van der Waals surface area contributed by atoms with Crippen LogP contribution >= 0.6 is 0 Å². The number of carbonyl (C=O) groups excluding carboxylic acids is 1. The molecule has 1 aromatic rings.